The smallest absolute Gasteiger partial charge is 0.311 e. The predicted molar refractivity (Wildman–Crippen MR) is 106 cm³/mol. The van der Waals surface area contributed by atoms with Gasteiger partial charge in [0.15, 0.2) is 5.75 Å². The van der Waals surface area contributed by atoms with Crippen LogP contribution in [0.5, 0.6) is 5.75 Å². The summed E-state index contributed by atoms with van der Waals surface area (Å²) >= 11 is 0. The van der Waals surface area contributed by atoms with E-state index in [9.17, 15) is 14.9 Å². The van der Waals surface area contributed by atoms with Gasteiger partial charge in [-0.05, 0) is 30.7 Å². The van der Waals surface area contributed by atoms with Gasteiger partial charge in [0.25, 0.3) is 5.91 Å². The number of amides is 1. The van der Waals surface area contributed by atoms with E-state index in [2.05, 4.69) is 21.8 Å². The highest BCUT2D eigenvalue weighted by Crippen LogP contribution is 2.27. The zero-order valence-corrected chi connectivity index (χ0v) is 15.8. The molecule has 146 valence electrons. The maximum absolute atomic E-state index is 12.4. The number of aryl methyl sites for hydroxylation is 1. The average Bonchev–Trinajstić information content (AvgIpc) is 3.05. The zero-order valence-electron chi connectivity index (χ0n) is 15.8. The molecule has 0 radical (unpaired) electrons. The minimum atomic E-state index is -0.567. The van der Waals surface area contributed by atoms with Gasteiger partial charge in [0.1, 0.15) is 5.82 Å². The number of nitro benzene ring substituents is 1. The molecule has 2 aromatic carbocycles. The van der Waals surface area contributed by atoms with E-state index in [1.807, 2.05) is 24.3 Å². The number of carbonyl (C=O) groups is 1. The first-order valence-electron chi connectivity index (χ1n) is 9.10. The van der Waals surface area contributed by atoms with Crippen LogP contribution in [0.2, 0.25) is 0 Å². The molecule has 8 heteroatoms. The van der Waals surface area contributed by atoms with Crippen molar-refractivity contribution in [2.45, 2.75) is 26.3 Å². The topological polar surface area (TPSA) is 99.3 Å². The van der Waals surface area contributed by atoms with Crippen LogP contribution < -0.4 is 10.1 Å². The van der Waals surface area contributed by atoms with Crippen LogP contribution >= 0.6 is 0 Å². The Kier molecular flexibility index (Phi) is 5.88. The lowest BCUT2D eigenvalue weighted by molar-refractivity contribution is -0.385. The van der Waals surface area contributed by atoms with Crippen molar-refractivity contribution in [3.8, 4) is 5.75 Å². The Morgan fingerprint density at radius 1 is 1.29 bits per heavy atom. The van der Waals surface area contributed by atoms with Crippen molar-refractivity contribution in [3.63, 3.8) is 0 Å². The number of para-hydroxylation sites is 2. The molecular weight excluding hydrogens is 360 g/mol. The quantitative estimate of drug-likeness (QED) is 0.476. The van der Waals surface area contributed by atoms with Crippen molar-refractivity contribution < 1.29 is 14.5 Å². The Balaban J connectivity index is 1.71. The van der Waals surface area contributed by atoms with Crippen LogP contribution in [0.25, 0.3) is 11.0 Å². The highest BCUT2D eigenvalue weighted by molar-refractivity contribution is 5.95. The normalized spacial score (nSPS) is 10.8. The summed E-state index contributed by atoms with van der Waals surface area (Å²) in [7, 11) is 1.35. The van der Waals surface area contributed by atoms with Gasteiger partial charge in [0.2, 0.25) is 0 Å². The Morgan fingerprint density at radius 3 is 2.79 bits per heavy atom. The molecule has 0 aliphatic rings. The van der Waals surface area contributed by atoms with Crippen LogP contribution in [0.3, 0.4) is 0 Å². The van der Waals surface area contributed by atoms with Crippen molar-refractivity contribution in [1.82, 2.24) is 14.9 Å². The molecule has 0 unspecified atom stereocenters. The standard InChI is InChI=1S/C20H22N4O4/c1-3-12-23-16-7-5-4-6-15(16)22-19(23)10-11-21-20(25)14-8-9-18(28-2)17(13-14)24(26)27/h4-9,13H,3,10-12H2,1-2H3,(H,21,25). The predicted octanol–water partition coefficient (Wildman–Crippen LogP) is 3.34. The Labute approximate surface area is 162 Å². The average molecular weight is 382 g/mol. The molecule has 0 bridgehead atoms. The number of nitrogens with one attached hydrogen (secondary N) is 1. The van der Waals surface area contributed by atoms with Crippen LogP contribution in [0.1, 0.15) is 29.5 Å². The third-order valence-electron chi connectivity index (χ3n) is 4.45. The van der Waals surface area contributed by atoms with Gasteiger partial charge in [0, 0.05) is 31.1 Å². The van der Waals surface area contributed by atoms with E-state index in [4.69, 9.17) is 4.74 Å². The van der Waals surface area contributed by atoms with E-state index >= 15 is 0 Å². The molecule has 0 aliphatic carbocycles. The maximum atomic E-state index is 12.4. The second-order valence-corrected chi connectivity index (χ2v) is 6.32. The zero-order chi connectivity index (χ0) is 20.1. The van der Waals surface area contributed by atoms with E-state index in [0.717, 1.165) is 29.8 Å². The van der Waals surface area contributed by atoms with Crippen LogP contribution in [-0.2, 0) is 13.0 Å². The molecule has 3 aromatic rings. The number of hydrogen-bond acceptors (Lipinski definition) is 5. The van der Waals surface area contributed by atoms with E-state index in [1.54, 1.807) is 0 Å². The molecule has 0 spiro atoms. The van der Waals surface area contributed by atoms with Crippen LogP contribution in [0, 0.1) is 10.1 Å². The first-order chi connectivity index (χ1) is 13.5. The summed E-state index contributed by atoms with van der Waals surface area (Å²) in [5.74, 6) is 0.655. The summed E-state index contributed by atoms with van der Waals surface area (Å²) in [6.45, 7) is 3.34. The summed E-state index contributed by atoms with van der Waals surface area (Å²) in [5, 5.41) is 13.9. The number of nitrogens with zero attached hydrogens (tertiary/aromatic N) is 3. The fourth-order valence-electron chi connectivity index (χ4n) is 3.15. The number of carbonyl (C=O) groups excluding carboxylic acids is 1. The lowest BCUT2D eigenvalue weighted by atomic mass is 10.1. The second-order valence-electron chi connectivity index (χ2n) is 6.32. The third kappa shape index (κ3) is 3.95. The number of methoxy groups -OCH3 is 1. The Hall–Kier alpha value is -3.42. The molecule has 1 heterocycles. The molecule has 1 amide bonds. The number of aromatic nitrogens is 2. The van der Waals surface area contributed by atoms with Crippen LogP contribution in [-0.4, -0.2) is 34.0 Å². The van der Waals surface area contributed by atoms with Crippen molar-refractivity contribution in [1.29, 1.82) is 0 Å². The largest absolute Gasteiger partial charge is 0.490 e. The van der Waals surface area contributed by atoms with Gasteiger partial charge >= 0.3 is 5.69 Å². The van der Waals surface area contributed by atoms with Crippen molar-refractivity contribution >= 4 is 22.6 Å². The molecule has 1 aromatic heterocycles. The number of hydrogen-bond donors (Lipinski definition) is 1. The number of ether oxygens (including phenoxy) is 1. The van der Waals surface area contributed by atoms with Gasteiger partial charge in [-0.15, -0.1) is 0 Å². The molecule has 3 rings (SSSR count). The number of fused-ring (bicyclic) bond motifs is 1. The third-order valence-corrected chi connectivity index (χ3v) is 4.45. The summed E-state index contributed by atoms with van der Waals surface area (Å²) in [6.07, 6.45) is 1.55. The van der Waals surface area contributed by atoms with Crippen molar-refractivity contribution in [3.05, 3.63) is 64.0 Å². The minimum absolute atomic E-state index is 0.120. The van der Waals surface area contributed by atoms with E-state index in [-0.39, 0.29) is 22.9 Å². The molecule has 8 nitrogen and oxygen atoms in total. The molecule has 0 atom stereocenters. The van der Waals surface area contributed by atoms with Gasteiger partial charge in [0.05, 0.1) is 23.1 Å². The van der Waals surface area contributed by atoms with Crippen LogP contribution in [0.15, 0.2) is 42.5 Å². The van der Waals surface area contributed by atoms with E-state index < -0.39 is 4.92 Å². The fraction of sp³-hybridized carbons (Fsp3) is 0.300. The molecule has 28 heavy (non-hydrogen) atoms. The fourth-order valence-corrected chi connectivity index (χ4v) is 3.15. The van der Waals surface area contributed by atoms with Crippen molar-refractivity contribution in [2.24, 2.45) is 0 Å². The molecule has 0 aliphatic heterocycles. The summed E-state index contributed by atoms with van der Waals surface area (Å²) in [6, 6.07) is 12.1. The summed E-state index contributed by atoms with van der Waals surface area (Å²) in [5.41, 5.74) is 1.99. The number of benzene rings is 2. The first kappa shape index (κ1) is 19.3. The Bertz CT molecular complexity index is 1010. The van der Waals surface area contributed by atoms with Crippen LogP contribution in [0.4, 0.5) is 5.69 Å². The lowest BCUT2D eigenvalue weighted by Crippen LogP contribution is -2.26. The van der Waals surface area contributed by atoms with E-state index in [0.29, 0.717) is 13.0 Å². The highest BCUT2D eigenvalue weighted by Gasteiger charge is 2.18. The Morgan fingerprint density at radius 2 is 2.07 bits per heavy atom. The molecule has 0 saturated heterocycles. The maximum Gasteiger partial charge on any atom is 0.311 e. The molecule has 0 fully saturated rings. The summed E-state index contributed by atoms with van der Waals surface area (Å²) < 4.78 is 7.13. The highest BCUT2D eigenvalue weighted by atomic mass is 16.6. The monoisotopic (exact) mass is 382 g/mol. The minimum Gasteiger partial charge on any atom is -0.490 e. The number of nitro groups is 1. The molecule has 1 N–H and O–H groups in total. The van der Waals surface area contributed by atoms with Gasteiger partial charge in [-0.25, -0.2) is 4.98 Å². The van der Waals surface area contributed by atoms with Gasteiger partial charge < -0.3 is 14.6 Å². The molecule has 0 saturated carbocycles. The first-order valence-corrected chi connectivity index (χ1v) is 9.10. The van der Waals surface area contributed by atoms with E-state index in [1.165, 1.54) is 25.3 Å². The van der Waals surface area contributed by atoms with Gasteiger partial charge in [-0.3, -0.25) is 14.9 Å². The summed E-state index contributed by atoms with van der Waals surface area (Å²) in [4.78, 5) is 27.6. The number of imidazole rings is 1. The SMILES string of the molecule is CCCn1c(CCNC(=O)c2ccc(OC)c([N+](=O)[O-])c2)nc2ccccc21. The molecular formula is C20H22N4O4. The lowest BCUT2D eigenvalue weighted by Gasteiger charge is -2.09. The second kappa shape index (κ2) is 8.51. The number of rotatable bonds is 8. The van der Waals surface area contributed by atoms with Gasteiger partial charge in [-0.1, -0.05) is 19.1 Å². The van der Waals surface area contributed by atoms with Gasteiger partial charge in [-0.2, -0.15) is 0 Å². The van der Waals surface area contributed by atoms with Crippen molar-refractivity contribution in [2.75, 3.05) is 13.7 Å².